The number of alkyl halides is 1. The summed E-state index contributed by atoms with van der Waals surface area (Å²) < 4.78 is 18.0. The largest absolute Gasteiger partial charge is 0.461 e. The van der Waals surface area contributed by atoms with Crippen LogP contribution in [-0.4, -0.2) is 53.5 Å². The van der Waals surface area contributed by atoms with E-state index < -0.39 is 52.9 Å². The van der Waals surface area contributed by atoms with Gasteiger partial charge in [0.1, 0.15) is 18.3 Å². The minimum absolute atomic E-state index is 0.0969. The first-order valence-corrected chi connectivity index (χ1v) is 15.6. The molecule has 5 rings (SSSR count). The quantitative estimate of drug-likeness (QED) is 0.221. The number of amides is 1. The molecular weight excluding hydrogens is 570 g/mol. The van der Waals surface area contributed by atoms with Crippen LogP contribution in [0.4, 0.5) is 0 Å². The maximum atomic E-state index is 14.7. The van der Waals surface area contributed by atoms with Gasteiger partial charge in [0.25, 0.3) is 0 Å². The molecule has 9 heteroatoms. The molecule has 1 heterocycles. The molecule has 2 saturated carbocycles. The summed E-state index contributed by atoms with van der Waals surface area (Å²) in [5.41, 5.74) is 1.28. The molecule has 232 valence electrons. The molecule has 1 aliphatic heterocycles. The van der Waals surface area contributed by atoms with Crippen LogP contribution in [0.2, 0.25) is 0 Å². The molecule has 1 spiro atoms. The van der Waals surface area contributed by atoms with Crippen molar-refractivity contribution in [1.29, 1.82) is 0 Å². The first-order valence-electron chi connectivity index (χ1n) is 15.2. The van der Waals surface area contributed by atoms with Crippen molar-refractivity contribution in [3.8, 4) is 0 Å². The Morgan fingerprint density at radius 2 is 1.58 bits per heavy atom. The SMILES string of the molecule is C=C1[C@@H](C)[C@H]2[C@H](Cc3ccccc3)NC(=O)[C@@]23[C@@H]([C@@H](Cl)[C@@H]2C[C@H](C)[C@H](OC(C)=O)C(C)=CC2[C@H]3OC(C)=O)[C@@H]1OC(C)=O. The van der Waals surface area contributed by atoms with E-state index in [0.29, 0.717) is 18.4 Å². The number of fused-ring (bicyclic) bond motifs is 1. The molecule has 4 aliphatic rings. The van der Waals surface area contributed by atoms with E-state index in [9.17, 15) is 19.2 Å². The van der Waals surface area contributed by atoms with E-state index in [0.717, 1.165) is 11.1 Å². The number of hydrogen-bond donors (Lipinski definition) is 1. The molecule has 0 radical (unpaired) electrons. The van der Waals surface area contributed by atoms with Crippen molar-refractivity contribution in [3.63, 3.8) is 0 Å². The highest BCUT2D eigenvalue weighted by atomic mass is 35.5. The monoisotopic (exact) mass is 611 g/mol. The number of ether oxygens (including phenoxy) is 3. The van der Waals surface area contributed by atoms with Crippen LogP contribution in [-0.2, 0) is 39.8 Å². The van der Waals surface area contributed by atoms with Crippen LogP contribution in [0.5, 0.6) is 0 Å². The Kier molecular flexibility index (Phi) is 8.55. The molecule has 1 amide bonds. The van der Waals surface area contributed by atoms with E-state index in [2.05, 4.69) is 11.9 Å². The fraction of sp³-hybridized carbons (Fsp3) is 0.588. The van der Waals surface area contributed by atoms with Crippen LogP contribution in [0, 0.1) is 40.9 Å². The summed E-state index contributed by atoms with van der Waals surface area (Å²) in [6.07, 6.45) is 0.882. The van der Waals surface area contributed by atoms with Crippen molar-refractivity contribution in [1.82, 2.24) is 5.32 Å². The molecule has 3 aliphatic carbocycles. The molecule has 3 fully saturated rings. The van der Waals surface area contributed by atoms with E-state index in [1.165, 1.54) is 20.8 Å². The summed E-state index contributed by atoms with van der Waals surface area (Å²) in [5.74, 6) is -3.78. The summed E-state index contributed by atoms with van der Waals surface area (Å²) in [4.78, 5) is 52.1. The number of halogens is 1. The normalized spacial score (nSPS) is 40.1. The third kappa shape index (κ3) is 5.19. The van der Waals surface area contributed by atoms with E-state index >= 15 is 0 Å². The van der Waals surface area contributed by atoms with Gasteiger partial charge in [-0.15, -0.1) is 11.6 Å². The van der Waals surface area contributed by atoms with Gasteiger partial charge in [-0.2, -0.15) is 0 Å². The van der Waals surface area contributed by atoms with E-state index in [1.807, 2.05) is 57.2 Å². The molecule has 12 atom stereocenters. The summed E-state index contributed by atoms with van der Waals surface area (Å²) in [6.45, 7) is 14.4. The van der Waals surface area contributed by atoms with E-state index in [4.69, 9.17) is 25.8 Å². The van der Waals surface area contributed by atoms with Gasteiger partial charge in [-0.25, -0.2) is 0 Å². The van der Waals surface area contributed by atoms with Gasteiger partial charge < -0.3 is 19.5 Å². The molecule has 1 N–H and O–H groups in total. The zero-order chi connectivity index (χ0) is 31.4. The molecule has 0 aromatic heterocycles. The zero-order valence-corrected chi connectivity index (χ0v) is 26.4. The molecule has 1 aromatic carbocycles. The fourth-order valence-corrected chi connectivity index (χ4v) is 9.56. The molecule has 43 heavy (non-hydrogen) atoms. The third-order valence-corrected chi connectivity index (χ3v) is 11.0. The molecule has 1 unspecified atom stereocenters. The summed E-state index contributed by atoms with van der Waals surface area (Å²) in [6, 6.07) is 9.63. The van der Waals surface area contributed by atoms with Crippen LogP contribution in [0.15, 0.2) is 54.1 Å². The van der Waals surface area contributed by atoms with E-state index in [-0.39, 0.29) is 41.6 Å². The number of hydrogen-bond acceptors (Lipinski definition) is 7. The lowest BCUT2D eigenvalue weighted by atomic mass is 9.45. The smallest absolute Gasteiger partial charge is 0.303 e. The summed E-state index contributed by atoms with van der Waals surface area (Å²) in [5, 5.41) is 2.65. The predicted molar refractivity (Wildman–Crippen MR) is 161 cm³/mol. The molecule has 1 aromatic rings. The van der Waals surface area contributed by atoms with Gasteiger partial charge >= 0.3 is 17.9 Å². The second-order valence-corrected chi connectivity index (χ2v) is 13.5. The van der Waals surface area contributed by atoms with Crippen LogP contribution in [0.25, 0.3) is 0 Å². The van der Waals surface area contributed by atoms with Crippen LogP contribution in [0.1, 0.15) is 53.5 Å². The van der Waals surface area contributed by atoms with Crippen molar-refractivity contribution in [3.05, 3.63) is 59.7 Å². The Hall–Kier alpha value is -3.13. The van der Waals surface area contributed by atoms with Crippen LogP contribution in [0.3, 0.4) is 0 Å². The predicted octanol–water partition coefficient (Wildman–Crippen LogP) is 4.79. The van der Waals surface area contributed by atoms with Crippen molar-refractivity contribution in [2.45, 2.75) is 84.1 Å². The second kappa shape index (κ2) is 11.8. The highest BCUT2D eigenvalue weighted by Crippen LogP contribution is 2.66. The van der Waals surface area contributed by atoms with Crippen molar-refractivity contribution >= 4 is 35.4 Å². The first kappa shape index (κ1) is 31.3. The maximum Gasteiger partial charge on any atom is 0.303 e. The Labute approximate surface area is 258 Å². The highest BCUT2D eigenvalue weighted by Gasteiger charge is 2.76. The lowest BCUT2D eigenvalue weighted by molar-refractivity contribution is -0.204. The topological polar surface area (TPSA) is 108 Å². The lowest BCUT2D eigenvalue weighted by Crippen LogP contribution is -2.70. The Balaban J connectivity index is 1.73. The summed E-state index contributed by atoms with van der Waals surface area (Å²) in [7, 11) is 0. The number of esters is 3. The molecule has 0 bridgehead atoms. The van der Waals surface area contributed by atoms with Gasteiger partial charge in [0.15, 0.2) is 0 Å². The van der Waals surface area contributed by atoms with E-state index in [1.54, 1.807) is 0 Å². The Morgan fingerprint density at radius 1 is 0.977 bits per heavy atom. The molecular formula is C34H42ClNO7. The summed E-state index contributed by atoms with van der Waals surface area (Å²) >= 11 is 7.54. The van der Waals surface area contributed by atoms with Crippen molar-refractivity contribution in [2.75, 3.05) is 0 Å². The van der Waals surface area contributed by atoms with Crippen LogP contribution >= 0.6 is 11.6 Å². The highest BCUT2D eigenvalue weighted by molar-refractivity contribution is 6.21. The Bertz CT molecular complexity index is 1340. The van der Waals surface area contributed by atoms with Crippen molar-refractivity contribution < 1.29 is 33.4 Å². The number of benzene rings is 1. The minimum Gasteiger partial charge on any atom is -0.461 e. The van der Waals surface area contributed by atoms with Gasteiger partial charge in [-0.05, 0) is 54.2 Å². The van der Waals surface area contributed by atoms with Gasteiger partial charge in [0.05, 0.1) is 5.41 Å². The van der Waals surface area contributed by atoms with Gasteiger partial charge in [0, 0.05) is 49.9 Å². The Morgan fingerprint density at radius 3 is 2.19 bits per heavy atom. The lowest BCUT2D eigenvalue weighted by Gasteiger charge is -2.61. The van der Waals surface area contributed by atoms with Crippen molar-refractivity contribution in [2.24, 2.45) is 40.9 Å². The number of carbonyl (C=O) groups is 4. The second-order valence-electron chi connectivity index (χ2n) is 13.0. The van der Waals surface area contributed by atoms with Gasteiger partial charge in [-0.3, -0.25) is 19.2 Å². The molecule has 8 nitrogen and oxygen atoms in total. The minimum atomic E-state index is -1.30. The number of carbonyl (C=O) groups excluding carboxylic acids is 4. The van der Waals surface area contributed by atoms with Crippen LogP contribution < -0.4 is 5.32 Å². The average molecular weight is 612 g/mol. The first-order chi connectivity index (χ1) is 20.3. The third-order valence-electron chi connectivity index (χ3n) is 10.4. The zero-order valence-electron chi connectivity index (χ0n) is 25.7. The number of rotatable bonds is 5. The fourth-order valence-electron chi connectivity index (χ4n) is 8.95. The maximum absolute atomic E-state index is 14.7. The van der Waals surface area contributed by atoms with Gasteiger partial charge in [0.2, 0.25) is 5.91 Å². The average Bonchev–Trinajstić information content (AvgIpc) is 3.14. The molecule has 1 saturated heterocycles. The standard InChI is InChI=1S/C34H42ClNO7/c1-16-13-24-25(14-17(2)30(16)41-20(5)37)32(43-22(7)39)34-27(26(36-33(34)40)15-23-11-9-8-10-12-23)18(3)19(4)31(42-21(6)38)28(34)29(24)35/h8-12,14,16,18,24-32H,4,13,15H2,1-3,5-7H3,(H,36,40)/t16-,18+,24+,25?,26-,27-,28-,29-,30-,31+,32+,34+/m0/s1. The number of nitrogens with one attached hydrogen (secondary N) is 1. The van der Waals surface area contributed by atoms with Gasteiger partial charge in [-0.1, -0.05) is 56.8 Å².